The number of hydrogen-bond acceptors (Lipinski definition) is 4. The standard InChI is InChI=1S/C7H4Cl2N2O4/c8-3-4-1-5(9)7(11(14)15)2-6(4)10(12)13/h1-2H,3H2. The third kappa shape index (κ3) is 2.34. The minimum Gasteiger partial charge on any atom is -0.258 e. The molecule has 0 atom stereocenters. The van der Waals surface area contributed by atoms with Gasteiger partial charge in [0.2, 0.25) is 0 Å². The van der Waals surface area contributed by atoms with Crippen molar-refractivity contribution in [1.82, 2.24) is 0 Å². The summed E-state index contributed by atoms with van der Waals surface area (Å²) in [4.78, 5) is 19.5. The lowest BCUT2D eigenvalue weighted by atomic mass is 10.2. The van der Waals surface area contributed by atoms with Gasteiger partial charge in [0.25, 0.3) is 11.4 Å². The number of hydrogen-bond donors (Lipinski definition) is 0. The van der Waals surface area contributed by atoms with Gasteiger partial charge in [-0.3, -0.25) is 20.2 Å². The Kier molecular flexibility index (Phi) is 3.43. The topological polar surface area (TPSA) is 86.3 Å². The van der Waals surface area contributed by atoms with Gasteiger partial charge in [0, 0.05) is 5.56 Å². The molecule has 0 saturated heterocycles. The second-order valence-corrected chi connectivity index (χ2v) is 3.25. The van der Waals surface area contributed by atoms with Crippen molar-refractivity contribution in [2.45, 2.75) is 5.88 Å². The first-order chi connectivity index (χ1) is 6.97. The summed E-state index contributed by atoms with van der Waals surface area (Å²) in [6.07, 6.45) is 0. The van der Waals surface area contributed by atoms with Crippen LogP contribution in [0.4, 0.5) is 11.4 Å². The highest BCUT2D eigenvalue weighted by Gasteiger charge is 2.22. The number of benzene rings is 1. The van der Waals surface area contributed by atoms with Gasteiger partial charge in [-0.15, -0.1) is 11.6 Å². The Morgan fingerprint density at radius 2 is 1.67 bits per heavy atom. The highest BCUT2D eigenvalue weighted by Crippen LogP contribution is 2.32. The first-order valence-electron chi connectivity index (χ1n) is 3.64. The van der Waals surface area contributed by atoms with Crippen LogP contribution < -0.4 is 0 Å². The molecule has 0 aliphatic carbocycles. The summed E-state index contributed by atoms with van der Waals surface area (Å²) in [5, 5.41) is 20.8. The van der Waals surface area contributed by atoms with Crippen LogP contribution in [0.25, 0.3) is 0 Å². The maximum absolute atomic E-state index is 10.5. The number of nitrogens with zero attached hydrogens (tertiary/aromatic N) is 2. The van der Waals surface area contributed by atoms with Crippen LogP contribution in [0, 0.1) is 20.2 Å². The van der Waals surface area contributed by atoms with Gasteiger partial charge in [0.15, 0.2) is 0 Å². The van der Waals surface area contributed by atoms with Crippen molar-refractivity contribution in [2.75, 3.05) is 0 Å². The van der Waals surface area contributed by atoms with Gasteiger partial charge < -0.3 is 0 Å². The van der Waals surface area contributed by atoms with E-state index in [0.29, 0.717) is 0 Å². The van der Waals surface area contributed by atoms with E-state index in [0.717, 1.165) is 12.1 Å². The summed E-state index contributed by atoms with van der Waals surface area (Å²) in [5.74, 6) is -0.131. The van der Waals surface area contributed by atoms with E-state index in [9.17, 15) is 20.2 Å². The average molecular weight is 251 g/mol. The molecule has 80 valence electrons. The molecular weight excluding hydrogens is 247 g/mol. The fraction of sp³-hybridized carbons (Fsp3) is 0.143. The van der Waals surface area contributed by atoms with E-state index in [2.05, 4.69) is 0 Å². The van der Waals surface area contributed by atoms with Gasteiger partial charge >= 0.3 is 0 Å². The molecule has 8 heteroatoms. The van der Waals surface area contributed by atoms with Crippen LogP contribution in [0.1, 0.15) is 5.56 Å². The molecule has 0 fully saturated rings. The maximum Gasteiger partial charge on any atom is 0.294 e. The van der Waals surface area contributed by atoms with Crippen molar-refractivity contribution in [1.29, 1.82) is 0 Å². The fourth-order valence-electron chi connectivity index (χ4n) is 1.01. The van der Waals surface area contributed by atoms with E-state index in [1.807, 2.05) is 0 Å². The van der Waals surface area contributed by atoms with Gasteiger partial charge in [0.1, 0.15) is 5.02 Å². The first-order valence-corrected chi connectivity index (χ1v) is 4.55. The Bertz CT molecular complexity index is 435. The lowest BCUT2D eigenvalue weighted by molar-refractivity contribution is -0.394. The van der Waals surface area contributed by atoms with Gasteiger partial charge in [-0.25, -0.2) is 0 Å². The largest absolute Gasteiger partial charge is 0.294 e. The van der Waals surface area contributed by atoms with E-state index >= 15 is 0 Å². The number of alkyl halides is 1. The summed E-state index contributed by atoms with van der Waals surface area (Å²) in [6, 6.07) is 1.94. The smallest absolute Gasteiger partial charge is 0.258 e. The van der Waals surface area contributed by atoms with Crippen molar-refractivity contribution in [3.05, 3.63) is 42.9 Å². The number of halogens is 2. The monoisotopic (exact) mass is 250 g/mol. The van der Waals surface area contributed by atoms with E-state index < -0.39 is 21.2 Å². The summed E-state index contributed by atoms with van der Waals surface area (Å²) in [5.41, 5.74) is -0.754. The van der Waals surface area contributed by atoms with Crippen molar-refractivity contribution >= 4 is 34.6 Å². The number of nitro groups is 2. The Balaban J connectivity index is 3.43. The molecule has 0 amide bonds. The third-order valence-electron chi connectivity index (χ3n) is 1.69. The zero-order chi connectivity index (χ0) is 11.6. The molecule has 0 aliphatic heterocycles. The number of nitro benzene ring substituents is 2. The van der Waals surface area contributed by atoms with Crippen LogP contribution in [-0.4, -0.2) is 9.85 Å². The molecule has 0 radical (unpaired) electrons. The number of rotatable bonds is 3. The van der Waals surface area contributed by atoms with Crippen molar-refractivity contribution < 1.29 is 9.85 Å². The molecule has 6 nitrogen and oxygen atoms in total. The molecule has 0 saturated carbocycles. The van der Waals surface area contributed by atoms with Crippen LogP contribution in [0.5, 0.6) is 0 Å². The predicted octanol–water partition coefficient (Wildman–Crippen LogP) is 2.90. The summed E-state index contributed by atoms with van der Waals surface area (Å²) >= 11 is 11.0. The molecule has 0 bridgehead atoms. The van der Waals surface area contributed by atoms with Gasteiger partial charge in [-0.05, 0) is 6.07 Å². The van der Waals surface area contributed by atoms with E-state index in [4.69, 9.17) is 23.2 Å². The Hall–Kier alpha value is -1.40. The molecule has 0 heterocycles. The van der Waals surface area contributed by atoms with Gasteiger partial charge in [-0.2, -0.15) is 0 Å². The molecule has 0 N–H and O–H groups in total. The minimum atomic E-state index is -0.784. The molecule has 1 aromatic carbocycles. The SMILES string of the molecule is O=[N+]([O-])c1cc([N+](=O)[O-])c(CCl)cc1Cl. The van der Waals surface area contributed by atoms with Crippen LogP contribution in [-0.2, 0) is 5.88 Å². The highest BCUT2D eigenvalue weighted by molar-refractivity contribution is 6.33. The summed E-state index contributed by atoms with van der Waals surface area (Å²) in [6.45, 7) is 0. The zero-order valence-electron chi connectivity index (χ0n) is 7.15. The highest BCUT2D eigenvalue weighted by atomic mass is 35.5. The van der Waals surface area contributed by atoms with Crippen LogP contribution in [0.2, 0.25) is 5.02 Å². The summed E-state index contributed by atoms with van der Waals surface area (Å²) < 4.78 is 0. The van der Waals surface area contributed by atoms with Crippen molar-refractivity contribution in [2.24, 2.45) is 0 Å². The molecular formula is C7H4Cl2N2O4. The second-order valence-electron chi connectivity index (χ2n) is 2.58. The lowest BCUT2D eigenvalue weighted by Crippen LogP contribution is -1.97. The Morgan fingerprint density at radius 1 is 1.13 bits per heavy atom. The average Bonchev–Trinajstić information content (AvgIpc) is 2.16. The molecule has 0 aromatic heterocycles. The van der Waals surface area contributed by atoms with Crippen LogP contribution in [0.3, 0.4) is 0 Å². The first kappa shape index (κ1) is 11.7. The molecule has 1 rings (SSSR count). The van der Waals surface area contributed by atoms with Crippen LogP contribution >= 0.6 is 23.2 Å². The molecule has 0 aliphatic rings. The van der Waals surface area contributed by atoms with Gasteiger partial charge in [-0.1, -0.05) is 11.6 Å². The lowest BCUT2D eigenvalue weighted by Gasteiger charge is -2.00. The maximum atomic E-state index is 10.5. The molecule has 15 heavy (non-hydrogen) atoms. The zero-order valence-corrected chi connectivity index (χ0v) is 8.66. The van der Waals surface area contributed by atoms with Gasteiger partial charge in [0.05, 0.1) is 21.8 Å². The van der Waals surface area contributed by atoms with E-state index in [1.54, 1.807) is 0 Å². The third-order valence-corrected chi connectivity index (χ3v) is 2.28. The minimum absolute atomic E-state index is 0.131. The molecule has 0 unspecified atom stereocenters. The van der Waals surface area contributed by atoms with Crippen LogP contribution in [0.15, 0.2) is 12.1 Å². The normalized spacial score (nSPS) is 10.0. The Morgan fingerprint density at radius 3 is 2.07 bits per heavy atom. The Labute approximate surface area is 93.7 Å². The van der Waals surface area contributed by atoms with Crippen molar-refractivity contribution in [3.63, 3.8) is 0 Å². The molecule has 0 spiro atoms. The quantitative estimate of drug-likeness (QED) is 0.469. The predicted molar refractivity (Wildman–Crippen MR) is 54.3 cm³/mol. The van der Waals surface area contributed by atoms with E-state index in [-0.39, 0.29) is 16.5 Å². The van der Waals surface area contributed by atoms with E-state index in [1.165, 1.54) is 0 Å². The summed E-state index contributed by atoms with van der Waals surface area (Å²) in [7, 11) is 0. The molecule has 1 aromatic rings. The fourth-order valence-corrected chi connectivity index (χ4v) is 1.48. The second kappa shape index (κ2) is 4.41. The van der Waals surface area contributed by atoms with Crippen molar-refractivity contribution in [3.8, 4) is 0 Å².